The Bertz CT molecular complexity index is 2160. The highest BCUT2D eigenvalue weighted by molar-refractivity contribution is 7.91. The van der Waals surface area contributed by atoms with Crippen LogP contribution in [0.5, 0.6) is 11.5 Å². The Labute approximate surface area is 334 Å². The van der Waals surface area contributed by atoms with Crippen molar-refractivity contribution in [3.8, 4) is 11.5 Å². The Morgan fingerprint density at radius 2 is 1.90 bits per heavy atom. The van der Waals surface area contributed by atoms with Gasteiger partial charge in [0.05, 0.1) is 22.5 Å². The first-order chi connectivity index (χ1) is 27.2. The minimum atomic E-state index is -4.91. The monoisotopic (exact) mass is 833 g/mol. The van der Waals surface area contributed by atoms with E-state index in [1.54, 1.807) is 13.8 Å². The van der Waals surface area contributed by atoms with E-state index >= 15 is 0 Å². The molecule has 18 heteroatoms. The lowest BCUT2D eigenvalue weighted by atomic mass is 9.87. The van der Waals surface area contributed by atoms with Crippen molar-refractivity contribution in [3.63, 3.8) is 0 Å². The number of rotatable bonds is 7. The van der Waals surface area contributed by atoms with Gasteiger partial charge >= 0.3 is 12.5 Å². The van der Waals surface area contributed by atoms with Crippen LogP contribution in [0.2, 0.25) is 0 Å². The summed E-state index contributed by atoms with van der Waals surface area (Å²) in [5, 5.41) is 13.7. The molecule has 4 amide bonds. The Balaban J connectivity index is 1.26. The lowest BCUT2D eigenvalue weighted by Crippen LogP contribution is -2.59. The second kappa shape index (κ2) is 14.9. The van der Waals surface area contributed by atoms with Crippen LogP contribution in [0.15, 0.2) is 30.4 Å². The highest BCUT2D eigenvalue weighted by atomic mass is 32.2. The fourth-order valence-corrected chi connectivity index (χ4v) is 10.0. The number of hydrogen-bond donors (Lipinski definition) is 3. The van der Waals surface area contributed by atoms with Crippen molar-refractivity contribution in [2.45, 2.75) is 133 Å². The molecule has 1 saturated heterocycles. The number of pyridine rings is 1. The van der Waals surface area contributed by atoms with Crippen molar-refractivity contribution in [1.82, 2.24) is 24.8 Å². The SMILES string of the molecule is Cc1nc2ccc(OC(F)(F)F)cc2c2c1O[C@]1(CC2)C[C@H]2C(=O)N[C@]3(C(=O)NS(=O)(=O)C4(C)CC4)C[C@H]3/C=C\CCCCC[C@H](N(CC(C)C)C(=O)O)C(=O)N2C1. The maximum atomic E-state index is 14.9. The zero-order chi connectivity index (χ0) is 42.0. The van der Waals surface area contributed by atoms with E-state index in [0.29, 0.717) is 66.4 Å². The Hall–Kier alpha value is -4.61. The van der Waals surface area contributed by atoms with E-state index in [9.17, 15) is 45.9 Å². The maximum Gasteiger partial charge on any atom is 0.573 e. The van der Waals surface area contributed by atoms with Crippen LogP contribution in [0.25, 0.3) is 10.9 Å². The molecule has 2 saturated carbocycles. The number of sulfonamides is 1. The van der Waals surface area contributed by atoms with Crippen LogP contribution in [-0.2, 0) is 30.8 Å². The van der Waals surface area contributed by atoms with Crippen LogP contribution in [-0.4, -0.2) is 99.5 Å². The zero-order valence-electron chi connectivity index (χ0n) is 33.0. The van der Waals surface area contributed by atoms with Gasteiger partial charge in [0.15, 0.2) is 0 Å². The van der Waals surface area contributed by atoms with Gasteiger partial charge in [-0.05, 0) is 89.3 Å². The van der Waals surface area contributed by atoms with Crippen molar-refractivity contribution in [2.75, 3.05) is 13.1 Å². The van der Waals surface area contributed by atoms with Crippen LogP contribution in [0.4, 0.5) is 18.0 Å². The summed E-state index contributed by atoms with van der Waals surface area (Å²) in [5.41, 5.74) is -1.38. The van der Waals surface area contributed by atoms with E-state index in [1.165, 1.54) is 23.1 Å². The number of amides is 4. The number of nitrogens with one attached hydrogen (secondary N) is 2. The first-order valence-corrected chi connectivity index (χ1v) is 21.4. The van der Waals surface area contributed by atoms with Crippen LogP contribution in [0.3, 0.4) is 0 Å². The van der Waals surface area contributed by atoms with Gasteiger partial charge in [-0.2, -0.15) is 0 Å². The molecule has 2 aliphatic carbocycles. The molecule has 0 unspecified atom stereocenters. The molecule has 5 atom stereocenters. The minimum absolute atomic E-state index is 0.0601. The molecular formula is C40H50F3N5O9S. The van der Waals surface area contributed by atoms with Crippen molar-refractivity contribution >= 4 is 44.7 Å². The fraction of sp³-hybridized carbons (Fsp3) is 0.625. The van der Waals surface area contributed by atoms with E-state index in [0.717, 1.165) is 4.90 Å². The summed E-state index contributed by atoms with van der Waals surface area (Å²) in [4.78, 5) is 63.4. The quantitative estimate of drug-likeness (QED) is 0.301. The molecule has 7 rings (SSSR count). The van der Waals surface area contributed by atoms with Gasteiger partial charge in [0.25, 0.3) is 5.91 Å². The van der Waals surface area contributed by atoms with Gasteiger partial charge in [0.2, 0.25) is 21.8 Å². The summed E-state index contributed by atoms with van der Waals surface area (Å²) in [7, 11) is -4.06. The molecule has 2 aromatic rings. The van der Waals surface area contributed by atoms with Gasteiger partial charge in [-0.15, -0.1) is 13.2 Å². The average molecular weight is 834 g/mol. The molecule has 3 fully saturated rings. The standard InChI is InChI=1S/C40H50F3N5O9S/c1-23(2)21-47(36(52)53)30-11-9-7-5-6-8-10-25-19-39(25,35(51)46-58(54,55)37(4)16-17-37)45-33(49)31-20-38(22-48(31)34(30)50)15-14-27-28-18-26(56-40(41,42)43)12-13-29(28)44-24(3)32(27)57-38/h8,10,12-13,18,23,25,30-31H,5-7,9,11,14-17,19-22H2,1-4H3,(H,45,49)(H,46,51)(H,52,53)/b10-8-/t25-,30+,31+,38-,39-/m1/s1. The number of carbonyl (C=O) groups is 4. The number of carbonyl (C=O) groups excluding carboxylic acids is 3. The lowest BCUT2D eigenvalue weighted by molar-refractivity contribution is -0.274. The van der Waals surface area contributed by atoms with E-state index < -0.39 is 79.8 Å². The van der Waals surface area contributed by atoms with Crippen LogP contribution >= 0.6 is 0 Å². The average Bonchev–Trinajstić information content (AvgIpc) is 4.02. The summed E-state index contributed by atoms with van der Waals surface area (Å²) in [5.74, 6) is -2.96. The number of hydrogen-bond acceptors (Lipinski definition) is 9. The van der Waals surface area contributed by atoms with Gasteiger partial charge in [0, 0.05) is 29.8 Å². The molecule has 3 N–H and O–H groups in total. The molecule has 58 heavy (non-hydrogen) atoms. The highest BCUT2D eigenvalue weighted by Crippen LogP contribution is 2.49. The Kier molecular flexibility index (Phi) is 10.7. The first kappa shape index (κ1) is 41.5. The van der Waals surface area contributed by atoms with Gasteiger partial charge < -0.3 is 24.8 Å². The number of aromatic nitrogens is 1. The molecule has 1 spiro atoms. The second-order valence-electron chi connectivity index (χ2n) is 17.3. The number of aryl methyl sites for hydroxylation is 2. The molecule has 3 aliphatic heterocycles. The predicted octanol–water partition coefficient (Wildman–Crippen LogP) is 5.50. The minimum Gasteiger partial charge on any atom is -0.483 e. The third-order valence-electron chi connectivity index (χ3n) is 12.3. The Morgan fingerprint density at radius 3 is 2.57 bits per heavy atom. The third-order valence-corrected chi connectivity index (χ3v) is 14.5. The normalized spacial score (nSPS) is 28.9. The van der Waals surface area contributed by atoms with E-state index in [2.05, 4.69) is 19.8 Å². The molecule has 1 aromatic heterocycles. The molecule has 316 valence electrons. The topological polar surface area (TPSA) is 185 Å². The summed E-state index contributed by atoms with van der Waals surface area (Å²) < 4.78 is 77.9. The number of fused-ring (bicyclic) bond motifs is 5. The van der Waals surface area contributed by atoms with E-state index in [1.807, 2.05) is 26.0 Å². The fourth-order valence-electron chi connectivity index (χ4n) is 8.74. The van der Waals surface area contributed by atoms with Gasteiger partial charge in [0.1, 0.15) is 34.7 Å². The molecular weight excluding hydrogens is 784 g/mol. The molecule has 0 radical (unpaired) electrons. The van der Waals surface area contributed by atoms with Gasteiger partial charge in [-0.25, -0.2) is 18.2 Å². The number of halogens is 3. The Morgan fingerprint density at radius 1 is 1.16 bits per heavy atom. The maximum absolute atomic E-state index is 14.9. The van der Waals surface area contributed by atoms with E-state index in [-0.39, 0.29) is 51.1 Å². The van der Waals surface area contributed by atoms with Gasteiger partial charge in [-0.3, -0.25) is 24.0 Å². The van der Waals surface area contributed by atoms with E-state index in [4.69, 9.17) is 4.74 Å². The summed E-state index contributed by atoms with van der Waals surface area (Å²) in [6.07, 6.45) is 1.60. The lowest BCUT2D eigenvalue weighted by Gasteiger charge is -2.37. The number of carboxylic acid groups (broad SMARTS) is 1. The number of alkyl halides is 3. The molecule has 1 aromatic carbocycles. The summed E-state index contributed by atoms with van der Waals surface area (Å²) in [6, 6.07) is 1.45. The second-order valence-corrected chi connectivity index (χ2v) is 19.5. The molecule has 4 heterocycles. The zero-order valence-corrected chi connectivity index (χ0v) is 33.8. The molecule has 5 aliphatic rings. The molecule has 14 nitrogen and oxygen atoms in total. The van der Waals surface area contributed by atoms with Gasteiger partial charge in [-0.1, -0.05) is 38.8 Å². The predicted molar refractivity (Wildman–Crippen MR) is 204 cm³/mol. The number of allylic oxidation sites excluding steroid dienone is 1. The summed E-state index contributed by atoms with van der Waals surface area (Å²) >= 11 is 0. The van der Waals surface area contributed by atoms with Crippen molar-refractivity contribution in [2.24, 2.45) is 11.8 Å². The largest absolute Gasteiger partial charge is 0.573 e. The van der Waals surface area contributed by atoms with Crippen molar-refractivity contribution in [1.29, 1.82) is 0 Å². The summed E-state index contributed by atoms with van der Waals surface area (Å²) in [6.45, 7) is 6.84. The van der Waals surface area contributed by atoms with Crippen LogP contribution in [0, 0.1) is 18.8 Å². The van der Waals surface area contributed by atoms with Crippen LogP contribution in [0.1, 0.15) is 96.2 Å². The number of benzene rings is 1. The smallest absolute Gasteiger partial charge is 0.483 e. The first-order valence-electron chi connectivity index (χ1n) is 19.9. The number of ether oxygens (including phenoxy) is 2. The third kappa shape index (κ3) is 8.04. The molecule has 0 bridgehead atoms. The van der Waals surface area contributed by atoms with Crippen molar-refractivity contribution in [3.05, 3.63) is 41.6 Å². The van der Waals surface area contributed by atoms with Crippen LogP contribution < -0.4 is 19.5 Å². The number of nitrogens with zero attached hydrogens (tertiary/aromatic N) is 3. The van der Waals surface area contributed by atoms with Crippen molar-refractivity contribution < 1.29 is 55.3 Å². The highest BCUT2D eigenvalue weighted by Gasteiger charge is 2.64.